The van der Waals surface area contributed by atoms with Crippen LogP contribution in [-0.2, 0) is 11.3 Å². The predicted octanol–water partition coefficient (Wildman–Crippen LogP) is 3.52. The van der Waals surface area contributed by atoms with E-state index in [2.05, 4.69) is 28.7 Å². The van der Waals surface area contributed by atoms with Gasteiger partial charge >= 0.3 is 0 Å². The summed E-state index contributed by atoms with van der Waals surface area (Å²) < 4.78 is 12.9. The Morgan fingerprint density at radius 2 is 1.82 bits per heavy atom. The summed E-state index contributed by atoms with van der Waals surface area (Å²) in [4.78, 5) is 15.6. The van der Waals surface area contributed by atoms with Gasteiger partial charge in [-0.15, -0.1) is 0 Å². The van der Waals surface area contributed by atoms with Gasteiger partial charge in [-0.25, -0.2) is 0 Å². The SMILES string of the molecule is COc1ccc(C(=O)c2cccc3c2c(C)cn3CCN2CCOCC2)cc1. The minimum Gasteiger partial charge on any atom is -0.497 e. The lowest BCUT2D eigenvalue weighted by atomic mass is 9.98. The lowest BCUT2D eigenvalue weighted by Gasteiger charge is -2.26. The normalized spacial score (nSPS) is 15.1. The third-order valence-electron chi connectivity index (χ3n) is 5.45. The molecule has 2 heterocycles. The maximum atomic E-state index is 13.2. The molecule has 1 fully saturated rings. The fraction of sp³-hybridized carbons (Fsp3) is 0.348. The maximum Gasteiger partial charge on any atom is 0.193 e. The molecule has 0 N–H and O–H groups in total. The molecule has 0 atom stereocenters. The first-order valence-corrected chi connectivity index (χ1v) is 9.74. The van der Waals surface area contributed by atoms with Gasteiger partial charge in [0.05, 0.1) is 20.3 Å². The smallest absolute Gasteiger partial charge is 0.193 e. The summed E-state index contributed by atoms with van der Waals surface area (Å²) in [7, 11) is 1.63. The van der Waals surface area contributed by atoms with Gasteiger partial charge in [0.1, 0.15) is 5.75 Å². The van der Waals surface area contributed by atoms with Crippen molar-refractivity contribution in [3.05, 3.63) is 65.4 Å². The predicted molar refractivity (Wildman–Crippen MR) is 110 cm³/mol. The summed E-state index contributed by atoms with van der Waals surface area (Å²) in [6.45, 7) is 7.57. The number of hydrogen-bond donors (Lipinski definition) is 0. The zero-order chi connectivity index (χ0) is 19.5. The summed E-state index contributed by atoms with van der Waals surface area (Å²) >= 11 is 0. The molecule has 2 aromatic carbocycles. The Labute approximate surface area is 165 Å². The number of ether oxygens (including phenoxy) is 2. The van der Waals surface area contributed by atoms with Crippen LogP contribution in [0.25, 0.3) is 10.9 Å². The maximum absolute atomic E-state index is 13.2. The van der Waals surface area contributed by atoms with Crippen molar-refractivity contribution in [2.75, 3.05) is 40.0 Å². The molecule has 4 rings (SSSR count). The van der Waals surface area contributed by atoms with E-state index in [4.69, 9.17) is 9.47 Å². The van der Waals surface area contributed by atoms with E-state index in [9.17, 15) is 4.79 Å². The number of methoxy groups -OCH3 is 1. The van der Waals surface area contributed by atoms with Crippen molar-refractivity contribution in [2.45, 2.75) is 13.5 Å². The average molecular weight is 378 g/mol. The van der Waals surface area contributed by atoms with Crippen molar-refractivity contribution in [2.24, 2.45) is 0 Å². The number of ketones is 1. The third-order valence-corrected chi connectivity index (χ3v) is 5.45. The van der Waals surface area contributed by atoms with Gasteiger partial charge in [0.15, 0.2) is 5.78 Å². The first-order chi connectivity index (χ1) is 13.7. The fourth-order valence-electron chi connectivity index (χ4n) is 3.91. The van der Waals surface area contributed by atoms with Crippen molar-refractivity contribution in [3.8, 4) is 5.75 Å². The van der Waals surface area contributed by atoms with Crippen molar-refractivity contribution >= 4 is 16.7 Å². The zero-order valence-corrected chi connectivity index (χ0v) is 16.5. The van der Waals surface area contributed by atoms with Gasteiger partial charge in [-0.1, -0.05) is 12.1 Å². The van der Waals surface area contributed by atoms with Gasteiger partial charge in [0, 0.05) is 54.4 Å². The quantitative estimate of drug-likeness (QED) is 0.616. The highest BCUT2D eigenvalue weighted by Gasteiger charge is 2.17. The monoisotopic (exact) mass is 378 g/mol. The molecular formula is C23H26N2O3. The van der Waals surface area contributed by atoms with Gasteiger partial charge in [0.2, 0.25) is 0 Å². The van der Waals surface area contributed by atoms with Gasteiger partial charge in [-0.2, -0.15) is 0 Å². The van der Waals surface area contributed by atoms with E-state index in [1.165, 1.54) is 0 Å². The second-order valence-electron chi connectivity index (χ2n) is 7.22. The number of aromatic nitrogens is 1. The third kappa shape index (κ3) is 3.68. The van der Waals surface area contributed by atoms with E-state index in [-0.39, 0.29) is 5.78 Å². The first-order valence-electron chi connectivity index (χ1n) is 9.74. The molecule has 0 spiro atoms. The van der Waals surface area contributed by atoms with Crippen LogP contribution in [0.5, 0.6) is 5.75 Å². The number of carbonyl (C=O) groups is 1. The highest BCUT2D eigenvalue weighted by Crippen LogP contribution is 2.27. The van der Waals surface area contributed by atoms with E-state index in [0.29, 0.717) is 5.56 Å². The summed E-state index contributed by atoms with van der Waals surface area (Å²) in [5, 5.41) is 1.05. The Morgan fingerprint density at radius 3 is 2.54 bits per heavy atom. The van der Waals surface area contributed by atoms with E-state index in [1.807, 2.05) is 36.4 Å². The molecule has 1 saturated heterocycles. The summed E-state index contributed by atoms with van der Waals surface area (Å²) in [5.74, 6) is 0.794. The number of benzene rings is 2. The molecule has 5 heteroatoms. The van der Waals surface area contributed by atoms with E-state index < -0.39 is 0 Å². The highest BCUT2D eigenvalue weighted by atomic mass is 16.5. The van der Waals surface area contributed by atoms with Crippen LogP contribution in [-0.4, -0.2) is 55.2 Å². The lowest BCUT2D eigenvalue weighted by Crippen LogP contribution is -2.38. The molecule has 3 aromatic rings. The van der Waals surface area contributed by atoms with Crippen molar-refractivity contribution in [1.29, 1.82) is 0 Å². The standard InChI is InChI=1S/C23H26N2O3/c1-17-16-25(11-10-24-12-14-28-15-13-24)21-5-3-4-20(22(17)21)23(26)18-6-8-19(27-2)9-7-18/h3-9,16H,10-15H2,1-2H3. The van der Waals surface area contributed by atoms with Crippen LogP contribution >= 0.6 is 0 Å². The largest absolute Gasteiger partial charge is 0.497 e. The summed E-state index contributed by atoms with van der Waals surface area (Å²) in [5.41, 5.74) is 3.68. The molecule has 1 aliphatic heterocycles. The molecule has 0 aliphatic carbocycles. The second-order valence-corrected chi connectivity index (χ2v) is 7.22. The first kappa shape index (κ1) is 18.7. The van der Waals surface area contributed by atoms with E-state index in [0.717, 1.165) is 67.2 Å². The average Bonchev–Trinajstić information content (AvgIpc) is 3.08. The minimum atomic E-state index is 0.0438. The van der Waals surface area contributed by atoms with Gasteiger partial charge in [0.25, 0.3) is 0 Å². The number of carbonyl (C=O) groups excluding carboxylic acids is 1. The Bertz CT molecular complexity index is 969. The zero-order valence-electron chi connectivity index (χ0n) is 16.5. The number of fused-ring (bicyclic) bond motifs is 1. The topological polar surface area (TPSA) is 43.7 Å². The number of nitrogens with zero attached hydrogens (tertiary/aromatic N) is 2. The molecule has 28 heavy (non-hydrogen) atoms. The van der Waals surface area contributed by atoms with Crippen molar-refractivity contribution in [3.63, 3.8) is 0 Å². The van der Waals surface area contributed by atoms with Gasteiger partial charge in [-0.3, -0.25) is 9.69 Å². The molecule has 0 unspecified atom stereocenters. The molecule has 0 amide bonds. The number of hydrogen-bond acceptors (Lipinski definition) is 4. The van der Waals surface area contributed by atoms with E-state index in [1.54, 1.807) is 7.11 Å². The lowest BCUT2D eigenvalue weighted by molar-refractivity contribution is 0.0365. The van der Waals surface area contributed by atoms with Crippen LogP contribution in [0.2, 0.25) is 0 Å². The number of rotatable bonds is 6. The highest BCUT2D eigenvalue weighted by molar-refractivity contribution is 6.16. The second kappa shape index (κ2) is 8.17. The van der Waals surface area contributed by atoms with Crippen LogP contribution in [0, 0.1) is 6.92 Å². The Kier molecular flexibility index (Phi) is 5.46. The van der Waals surface area contributed by atoms with Gasteiger partial charge in [-0.05, 0) is 42.8 Å². The molecular weight excluding hydrogens is 352 g/mol. The molecule has 0 radical (unpaired) electrons. The Morgan fingerprint density at radius 1 is 1.07 bits per heavy atom. The molecule has 1 aliphatic rings. The summed E-state index contributed by atoms with van der Waals surface area (Å²) in [6.07, 6.45) is 2.16. The molecule has 0 bridgehead atoms. The number of morpholine rings is 1. The Hall–Kier alpha value is -2.63. The molecule has 146 valence electrons. The van der Waals surface area contributed by atoms with Crippen LogP contribution in [0.15, 0.2) is 48.7 Å². The summed E-state index contributed by atoms with van der Waals surface area (Å²) in [6, 6.07) is 13.3. The van der Waals surface area contributed by atoms with Gasteiger partial charge < -0.3 is 14.0 Å². The molecule has 1 aromatic heterocycles. The van der Waals surface area contributed by atoms with Crippen LogP contribution in [0.1, 0.15) is 21.5 Å². The molecule has 0 saturated carbocycles. The van der Waals surface area contributed by atoms with Crippen LogP contribution < -0.4 is 4.74 Å². The van der Waals surface area contributed by atoms with Crippen molar-refractivity contribution < 1.29 is 14.3 Å². The minimum absolute atomic E-state index is 0.0438. The Balaban J connectivity index is 1.62. The molecule has 5 nitrogen and oxygen atoms in total. The van der Waals surface area contributed by atoms with Crippen LogP contribution in [0.3, 0.4) is 0 Å². The van der Waals surface area contributed by atoms with E-state index >= 15 is 0 Å². The fourth-order valence-corrected chi connectivity index (χ4v) is 3.91. The van der Waals surface area contributed by atoms with Crippen molar-refractivity contribution in [1.82, 2.24) is 9.47 Å². The van der Waals surface area contributed by atoms with Crippen LogP contribution in [0.4, 0.5) is 0 Å². The number of aryl methyl sites for hydroxylation is 1.